The van der Waals surface area contributed by atoms with Gasteiger partial charge in [0.15, 0.2) is 5.16 Å². The maximum Gasteiger partial charge on any atom is 0.197 e. The highest BCUT2D eigenvalue weighted by Crippen LogP contribution is 2.18. The van der Waals surface area contributed by atoms with Crippen LogP contribution < -0.4 is 5.32 Å². The Bertz CT molecular complexity index is 527. The fourth-order valence-corrected chi connectivity index (χ4v) is 3.72. The van der Waals surface area contributed by atoms with Crippen LogP contribution in [-0.2, 0) is 10.8 Å². The third kappa shape index (κ3) is 2.47. The number of aromatic amines is 1. The Labute approximate surface area is 109 Å². The van der Waals surface area contributed by atoms with Crippen molar-refractivity contribution in [2.24, 2.45) is 5.92 Å². The summed E-state index contributed by atoms with van der Waals surface area (Å²) in [6.45, 7) is 2.09. The summed E-state index contributed by atoms with van der Waals surface area (Å²) in [5, 5.41) is 3.95. The van der Waals surface area contributed by atoms with Crippen molar-refractivity contribution in [1.82, 2.24) is 15.3 Å². The van der Waals surface area contributed by atoms with Gasteiger partial charge in [0.1, 0.15) is 0 Å². The van der Waals surface area contributed by atoms with Crippen LogP contribution in [-0.4, -0.2) is 33.0 Å². The van der Waals surface area contributed by atoms with E-state index < -0.39 is 10.8 Å². The summed E-state index contributed by atoms with van der Waals surface area (Å²) < 4.78 is 12.3. The molecular formula is C13H17N3OS. The Morgan fingerprint density at radius 2 is 2.06 bits per heavy atom. The molecule has 96 valence electrons. The fourth-order valence-electron chi connectivity index (χ4n) is 2.38. The molecular weight excluding hydrogens is 246 g/mol. The molecule has 0 aliphatic carbocycles. The average Bonchev–Trinajstić information content (AvgIpc) is 2.84. The lowest BCUT2D eigenvalue weighted by Crippen LogP contribution is -2.30. The van der Waals surface area contributed by atoms with Crippen LogP contribution in [0.15, 0.2) is 29.4 Å². The number of hydrogen-bond donors (Lipinski definition) is 2. The van der Waals surface area contributed by atoms with E-state index in [1.165, 1.54) is 0 Å². The fraction of sp³-hybridized carbons (Fsp3) is 0.462. The van der Waals surface area contributed by atoms with Crippen molar-refractivity contribution in [3.05, 3.63) is 24.3 Å². The van der Waals surface area contributed by atoms with Gasteiger partial charge in [-0.1, -0.05) is 12.1 Å². The highest BCUT2D eigenvalue weighted by Gasteiger charge is 2.18. The molecule has 2 heterocycles. The molecule has 1 atom stereocenters. The molecule has 1 aliphatic rings. The Balaban J connectivity index is 1.74. The quantitative estimate of drug-likeness (QED) is 0.885. The van der Waals surface area contributed by atoms with Gasteiger partial charge in [-0.25, -0.2) is 4.98 Å². The predicted molar refractivity (Wildman–Crippen MR) is 73.0 cm³/mol. The summed E-state index contributed by atoms with van der Waals surface area (Å²) in [6.07, 6.45) is 2.23. The second-order valence-corrected chi connectivity index (χ2v) is 6.18. The van der Waals surface area contributed by atoms with E-state index in [4.69, 9.17) is 0 Å². The molecule has 1 aromatic carbocycles. The Morgan fingerprint density at radius 1 is 1.28 bits per heavy atom. The molecule has 2 aromatic rings. The van der Waals surface area contributed by atoms with E-state index >= 15 is 0 Å². The molecule has 1 aliphatic heterocycles. The molecule has 0 saturated carbocycles. The average molecular weight is 263 g/mol. The van der Waals surface area contributed by atoms with E-state index in [2.05, 4.69) is 15.3 Å². The first-order valence-corrected chi connectivity index (χ1v) is 7.68. The molecule has 1 aromatic heterocycles. The van der Waals surface area contributed by atoms with E-state index in [0.29, 0.717) is 11.1 Å². The first-order chi connectivity index (χ1) is 8.83. The first-order valence-electron chi connectivity index (χ1n) is 6.37. The van der Waals surface area contributed by atoms with Crippen molar-refractivity contribution in [3.8, 4) is 0 Å². The van der Waals surface area contributed by atoms with Gasteiger partial charge in [0.05, 0.1) is 21.8 Å². The minimum absolute atomic E-state index is 0.556. The first kappa shape index (κ1) is 11.9. The topological polar surface area (TPSA) is 57.8 Å². The number of benzene rings is 1. The zero-order valence-corrected chi connectivity index (χ0v) is 11.0. The summed E-state index contributed by atoms with van der Waals surface area (Å²) in [5.74, 6) is 1.28. The van der Waals surface area contributed by atoms with Crippen LogP contribution >= 0.6 is 0 Å². The molecule has 5 heteroatoms. The van der Waals surface area contributed by atoms with Crippen molar-refractivity contribution in [3.63, 3.8) is 0 Å². The van der Waals surface area contributed by atoms with E-state index in [1.54, 1.807) is 0 Å². The summed E-state index contributed by atoms with van der Waals surface area (Å²) in [7, 11) is -1.01. The van der Waals surface area contributed by atoms with Crippen LogP contribution in [0.25, 0.3) is 11.0 Å². The lowest BCUT2D eigenvalue weighted by atomic mass is 10.0. The molecule has 1 saturated heterocycles. The zero-order chi connectivity index (χ0) is 12.4. The zero-order valence-electron chi connectivity index (χ0n) is 10.2. The van der Waals surface area contributed by atoms with Gasteiger partial charge >= 0.3 is 0 Å². The number of piperidine rings is 1. The van der Waals surface area contributed by atoms with Gasteiger partial charge in [-0.3, -0.25) is 4.21 Å². The van der Waals surface area contributed by atoms with Crippen LogP contribution in [0.5, 0.6) is 0 Å². The van der Waals surface area contributed by atoms with Gasteiger partial charge < -0.3 is 10.3 Å². The van der Waals surface area contributed by atoms with Gasteiger partial charge in [0.2, 0.25) is 0 Å². The number of H-pyrrole nitrogens is 1. The molecule has 18 heavy (non-hydrogen) atoms. The standard InChI is InChI=1S/C13H17N3OS/c17-18(9-10-5-7-14-8-6-10)13-15-11-3-1-2-4-12(11)16-13/h1-4,10,14H,5-9H2,(H,15,16). The number of imidazole rings is 1. The number of nitrogens with zero attached hydrogens (tertiary/aromatic N) is 1. The van der Waals surface area contributed by atoms with Crippen LogP contribution in [0.3, 0.4) is 0 Å². The smallest absolute Gasteiger partial charge is 0.197 e. The SMILES string of the molecule is O=S(CC1CCNCC1)c1nc2ccccc2[nH]1. The van der Waals surface area contributed by atoms with Gasteiger partial charge in [-0.15, -0.1) is 0 Å². The number of rotatable bonds is 3. The summed E-state index contributed by atoms with van der Waals surface area (Å²) >= 11 is 0. The molecule has 2 N–H and O–H groups in total. The van der Waals surface area contributed by atoms with Gasteiger partial charge in [0, 0.05) is 5.75 Å². The van der Waals surface area contributed by atoms with Crippen LogP contribution in [0.4, 0.5) is 0 Å². The number of aromatic nitrogens is 2. The number of fused-ring (bicyclic) bond motifs is 1. The minimum Gasteiger partial charge on any atom is -0.331 e. The van der Waals surface area contributed by atoms with Crippen molar-refractivity contribution in [2.45, 2.75) is 18.0 Å². The van der Waals surface area contributed by atoms with Crippen molar-refractivity contribution < 1.29 is 4.21 Å². The molecule has 0 radical (unpaired) electrons. The molecule has 1 fully saturated rings. The number of nitrogens with one attached hydrogen (secondary N) is 2. The third-order valence-corrected chi connectivity index (χ3v) is 4.83. The normalized spacial score (nSPS) is 19.1. The Morgan fingerprint density at radius 3 is 2.83 bits per heavy atom. The van der Waals surface area contributed by atoms with Crippen LogP contribution in [0, 0.1) is 5.92 Å². The number of para-hydroxylation sites is 2. The van der Waals surface area contributed by atoms with Crippen molar-refractivity contribution in [1.29, 1.82) is 0 Å². The largest absolute Gasteiger partial charge is 0.331 e. The highest BCUT2D eigenvalue weighted by molar-refractivity contribution is 7.84. The summed E-state index contributed by atoms with van der Waals surface area (Å²) in [6, 6.07) is 7.81. The van der Waals surface area contributed by atoms with Gasteiger partial charge in [-0.2, -0.15) is 0 Å². The van der Waals surface area contributed by atoms with Crippen LogP contribution in [0.1, 0.15) is 12.8 Å². The van der Waals surface area contributed by atoms with Crippen molar-refractivity contribution in [2.75, 3.05) is 18.8 Å². The number of hydrogen-bond acceptors (Lipinski definition) is 3. The minimum atomic E-state index is -1.01. The maximum atomic E-state index is 12.3. The third-order valence-electron chi connectivity index (χ3n) is 3.43. The van der Waals surface area contributed by atoms with Crippen molar-refractivity contribution >= 4 is 21.8 Å². The molecule has 0 spiro atoms. The monoisotopic (exact) mass is 263 g/mol. The maximum absolute atomic E-state index is 12.3. The van der Waals surface area contributed by atoms with Gasteiger partial charge in [-0.05, 0) is 44.0 Å². The van der Waals surface area contributed by atoms with Gasteiger partial charge in [0.25, 0.3) is 0 Å². The molecule has 0 bridgehead atoms. The molecule has 4 nitrogen and oxygen atoms in total. The van der Waals surface area contributed by atoms with E-state index in [0.717, 1.165) is 42.7 Å². The lowest BCUT2D eigenvalue weighted by Gasteiger charge is -2.21. The molecule has 3 rings (SSSR count). The predicted octanol–water partition coefficient (Wildman–Crippen LogP) is 1.67. The lowest BCUT2D eigenvalue weighted by molar-refractivity contribution is 0.405. The highest BCUT2D eigenvalue weighted by atomic mass is 32.2. The molecule has 0 amide bonds. The van der Waals surface area contributed by atoms with E-state index in [-0.39, 0.29) is 0 Å². The second kappa shape index (κ2) is 5.20. The molecule has 1 unspecified atom stereocenters. The van der Waals surface area contributed by atoms with E-state index in [9.17, 15) is 4.21 Å². The summed E-state index contributed by atoms with van der Waals surface area (Å²) in [5.41, 5.74) is 1.86. The Hall–Kier alpha value is -1.20. The van der Waals surface area contributed by atoms with E-state index in [1.807, 2.05) is 24.3 Å². The van der Waals surface area contributed by atoms with Crippen LogP contribution in [0.2, 0.25) is 0 Å². The second-order valence-electron chi connectivity index (χ2n) is 4.76. The Kier molecular flexibility index (Phi) is 3.43. The summed E-state index contributed by atoms with van der Waals surface area (Å²) in [4.78, 5) is 7.56.